The second kappa shape index (κ2) is 7.29. The van der Waals surface area contributed by atoms with Gasteiger partial charge in [0.2, 0.25) is 0 Å². The van der Waals surface area contributed by atoms with Gasteiger partial charge in [-0.15, -0.1) is 0 Å². The van der Waals surface area contributed by atoms with Gasteiger partial charge in [0.25, 0.3) is 0 Å². The van der Waals surface area contributed by atoms with Crippen molar-refractivity contribution in [1.82, 2.24) is 5.32 Å². The van der Waals surface area contributed by atoms with Crippen molar-refractivity contribution in [2.45, 2.75) is 32.7 Å². The molecule has 1 atom stereocenters. The third-order valence-electron chi connectivity index (χ3n) is 2.70. The van der Waals surface area contributed by atoms with Gasteiger partial charge in [-0.25, -0.2) is 0 Å². The van der Waals surface area contributed by atoms with Gasteiger partial charge >= 0.3 is 0 Å². The third-order valence-corrected chi connectivity index (χ3v) is 2.70. The van der Waals surface area contributed by atoms with E-state index >= 15 is 0 Å². The summed E-state index contributed by atoms with van der Waals surface area (Å²) in [4.78, 5) is 0. The smallest absolute Gasteiger partial charge is 0.119 e. The maximum Gasteiger partial charge on any atom is 0.119 e. The number of hydrogen-bond donors (Lipinski definition) is 1. The summed E-state index contributed by atoms with van der Waals surface area (Å²) in [5.74, 6) is 1.71. The average molecular weight is 221 g/mol. The van der Waals surface area contributed by atoms with Gasteiger partial charge in [-0.1, -0.05) is 32.0 Å². The molecule has 0 heterocycles. The zero-order valence-corrected chi connectivity index (χ0v) is 10.6. The number of ether oxygens (including phenoxy) is 1. The Hall–Kier alpha value is -1.02. The first-order chi connectivity index (χ1) is 7.72. The lowest BCUT2D eigenvalue weighted by Gasteiger charge is -2.17. The van der Waals surface area contributed by atoms with Gasteiger partial charge in [0.1, 0.15) is 12.4 Å². The first-order valence-corrected chi connectivity index (χ1v) is 6.07. The van der Waals surface area contributed by atoms with Crippen molar-refractivity contribution in [1.29, 1.82) is 0 Å². The lowest BCUT2D eigenvalue weighted by atomic mass is 10.0. The van der Waals surface area contributed by atoms with E-state index < -0.39 is 0 Å². The molecule has 2 nitrogen and oxygen atoms in total. The van der Waals surface area contributed by atoms with Crippen molar-refractivity contribution in [2.75, 3.05) is 13.7 Å². The Morgan fingerprint density at radius 2 is 1.81 bits per heavy atom. The van der Waals surface area contributed by atoms with E-state index in [1.807, 2.05) is 37.4 Å². The number of rotatable bonds is 7. The molecule has 0 aliphatic heterocycles. The molecular formula is C14H23NO. The molecular weight excluding hydrogens is 198 g/mol. The van der Waals surface area contributed by atoms with Crippen LogP contribution in [0, 0.1) is 5.92 Å². The van der Waals surface area contributed by atoms with Crippen LogP contribution < -0.4 is 10.1 Å². The standard InChI is InChI=1S/C14H23NO/c1-12(2)9-10-13(15-3)11-16-14-7-5-4-6-8-14/h4-8,12-13,15H,9-11H2,1-3H3. The predicted molar refractivity (Wildman–Crippen MR) is 68.9 cm³/mol. The fourth-order valence-corrected chi connectivity index (χ4v) is 1.56. The van der Waals surface area contributed by atoms with E-state index in [9.17, 15) is 0 Å². The van der Waals surface area contributed by atoms with Gasteiger partial charge in [0, 0.05) is 6.04 Å². The van der Waals surface area contributed by atoms with Gasteiger partial charge in [0.15, 0.2) is 0 Å². The van der Waals surface area contributed by atoms with Crippen molar-refractivity contribution in [2.24, 2.45) is 5.92 Å². The van der Waals surface area contributed by atoms with Crippen molar-refractivity contribution < 1.29 is 4.74 Å². The fourth-order valence-electron chi connectivity index (χ4n) is 1.56. The molecule has 1 aromatic carbocycles. The quantitative estimate of drug-likeness (QED) is 0.764. The normalized spacial score (nSPS) is 12.8. The summed E-state index contributed by atoms with van der Waals surface area (Å²) < 4.78 is 5.73. The van der Waals surface area contributed by atoms with Crippen molar-refractivity contribution >= 4 is 0 Å². The van der Waals surface area contributed by atoms with E-state index in [1.54, 1.807) is 0 Å². The van der Waals surface area contributed by atoms with Gasteiger partial charge in [-0.05, 0) is 37.9 Å². The molecule has 2 heteroatoms. The van der Waals surface area contributed by atoms with Gasteiger partial charge in [-0.3, -0.25) is 0 Å². The molecule has 0 bridgehead atoms. The van der Waals surface area contributed by atoms with Gasteiger partial charge in [-0.2, -0.15) is 0 Å². The molecule has 1 rings (SSSR count). The van der Waals surface area contributed by atoms with Crippen LogP contribution in [0.2, 0.25) is 0 Å². The highest BCUT2D eigenvalue weighted by atomic mass is 16.5. The molecule has 1 aromatic rings. The minimum absolute atomic E-state index is 0.447. The zero-order valence-electron chi connectivity index (χ0n) is 10.6. The van der Waals surface area contributed by atoms with E-state index in [0.717, 1.165) is 18.3 Å². The molecule has 0 radical (unpaired) electrons. The first-order valence-electron chi connectivity index (χ1n) is 6.07. The summed E-state index contributed by atoms with van der Waals surface area (Å²) >= 11 is 0. The lowest BCUT2D eigenvalue weighted by Crippen LogP contribution is -2.32. The summed E-state index contributed by atoms with van der Waals surface area (Å²) in [5.41, 5.74) is 0. The molecule has 0 spiro atoms. The molecule has 0 aliphatic rings. The number of nitrogens with one attached hydrogen (secondary N) is 1. The molecule has 0 saturated carbocycles. The van der Waals surface area contributed by atoms with E-state index in [-0.39, 0.29) is 0 Å². The molecule has 1 unspecified atom stereocenters. The summed E-state index contributed by atoms with van der Waals surface area (Å²) in [6.07, 6.45) is 2.41. The predicted octanol–water partition coefficient (Wildman–Crippen LogP) is 3.09. The van der Waals surface area contributed by atoms with E-state index in [2.05, 4.69) is 19.2 Å². The number of benzene rings is 1. The summed E-state index contributed by atoms with van der Waals surface area (Å²) in [7, 11) is 2.00. The van der Waals surface area contributed by atoms with Gasteiger partial charge in [0.05, 0.1) is 0 Å². The maximum atomic E-state index is 5.73. The van der Waals surface area contributed by atoms with Crippen molar-refractivity contribution in [3.05, 3.63) is 30.3 Å². The Morgan fingerprint density at radius 3 is 2.38 bits per heavy atom. The van der Waals surface area contributed by atoms with Crippen LogP contribution in [0.5, 0.6) is 5.75 Å². The highest BCUT2D eigenvalue weighted by Gasteiger charge is 2.07. The maximum absolute atomic E-state index is 5.73. The second-order valence-corrected chi connectivity index (χ2v) is 4.58. The third kappa shape index (κ3) is 5.17. The largest absolute Gasteiger partial charge is 0.492 e. The molecule has 0 fully saturated rings. The zero-order chi connectivity index (χ0) is 11.8. The van der Waals surface area contributed by atoms with Crippen LogP contribution in [-0.2, 0) is 0 Å². The van der Waals surface area contributed by atoms with Crippen LogP contribution in [0.1, 0.15) is 26.7 Å². The van der Waals surface area contributed by atoms with Crippen molar-refractivity contribution in [3.8, 4) is 5.75 Å². The Morgan fingerprint density at radius 1 is 1.12 bits per heavy atom. The Kier molecular flexibility index (Phi) is 5.94. The monoisotopic (exact) mass is 221 g/mol. The molecule has 90 valence electrons. The first kappa shape index (κ1) is 13.0. The summed E-state index contributed by atoms with van der Waals surface area (Å²) in [5, 5.41) is 3.30. The SMILES string of the molecule is CNC(CCC(C)C)COc1ccccc1. The summed E-state index contributed by atoms with van der Waals surface area (Å²) in [6.45, 7) is 5.25. The topological polar surface area (TPSA) is 21.3 Å². The lowest BCUT2D eigenvalue weighted by molar-refractivity contribution is 0.257. The minimum Gasteiger partial charge on any atom is -0.492 e. The molecule has 16 heavy (non-hydrogen) atoms. The van der Waals surface area contributed by atoms with Crippen LogP contribution in [-0.4, -0.2) is 19.7 Å². The van der Waals surface area contributed by atoms with E-state index in [4.69, 9.17) is 4.74 Å². The molecule has 0 aromatic heterocycles. The highest BCUT2D eigenvalue weighted by Crippen LogP contribution is 2.11. The van der Waals surface area contributed by atoms with Crippen LogP contribution >= 0.6 is 0 Å². The average Bonchev–Trinajstić information content (AvgIpc) is 2.30. The van der Waals surface area contributed by atoms with Gasteiger partial charge < -0.3 is 10.1 Å². The summed E-state index contributed by atoms with van der Waals surface area (Å²) in [6, 6.07) is 10.4. The fraction of sp³-hybridized carbons (Fsp3) is 0.571. The molecule has 0 aliphatic carbocycles. The van der Waals surface area contributed by atoms with Crippen molar-refractivity contribution in [3.63, 3.8) is 0 Å². The van der Waals surface area contributed by atoms with Crippen LogP contribution in [0.4, 0.5) is 0 Å². The Balaban J connectivity index is 2.28. The Labute approximate surface area is 99.0 Å². The second-order valence-electron chi connectivity index (χ2n) is 4.58. The molecule has 0 saturated heterocycles. The number of hydrogen-bond acceptors (Lipinski definition) is 2. The number of likely N-dealkylation sites (N-methyl/N-ethyl adjacent to an activating group) is 1. The van der Waals surface area contributed by atoms with E-state index in [1.165, 1.54) is 12.8 Å². The Bertz CT molecular complexity index is 271. The van der Waals surface area contributed by atoms with Crippen LogP contribution in [0.15, 0.2) is 30.3 Å². The van der Waals surface area contributed by atoms with Crippen LogP contribution in [0.3, 0.4) is 0 Å². The molecule has 0 amide bonds. The van der Waals surface area contributed by atoms with Crippen LogP contribution in [0.25, 0.3) is 0 Å². The highest BCUT2D eigenvalue weighted by molar-refractivity contribution is 5.20. The minimum atomic E-state index is 0.447. The number of para-hydroxylation sites is 1. The molecule has 1 N–H and O–H groups in total. The van der Waals surface area contributed by atoms with E-state index in [0.29, 0.717) is 6.04 Å².